The zero-order valence-electron chi connectivity index (χ0n) is 9.09. The number of hydrogen-bond acceptors (Lipinski definition) is 2. The minimum atomic E-state index is 0.694. The van der Waals surface area contributed by atoms with Gasteiger partial charge in [-0.05, 0) is 31.5 Å². The van der Waals surface area contributed by atoms with Crippen molar-refractivity contribution in [2.45, 2.75) is 20.3 Å². The molecule has 0 atom stereocenters. The predicted molar refractivity (Wildman–Crippen MR) is 62.5 cm³/mol. The van der Waals surface area contributed by atoms with Gasteiger partial charge in [-0.25, -0.2) is 0 Å². The molecule has 0 unspecified atom stereocenters. The summed E-state index contributed by atoms with van der Waals surface area (Å²) in [5.41, 5.74) is 2.69. The van der Waals surface area contributed by atoms with Gasteiger partial charge in [0.15, 0.2) is 0 Å². The molecule has 0 heterocycles. The number of hydrogen-bond donors (Lipinski definition) is 1. The van der Waals surface area contributed by atoms with E-state index in [2.05, 4.69) is 23.2 Å². The highest BCUT2D eigenvalue weighted by Crippen LogP contribution is 2.15. The van der Waals surface area contributed by atoms with E-state index < -0.39 is 0 Å². The van der Waals surface area contributed by atoms with Gasteiger partial charge in [-0.2, -0.15) is 5.26 Å². The van der Waals surface area contributed by atoms with Crippen molar-refractivity contribution in [1.82, 2.24) is 0 Å². The molecule has 0 aliphatic rings. The van der Waals surface area contributed by atoms with Crippen molar-refractivity contribution < 1.29 is 0 Å². The molecule has 0 aromatic heterocycles. The largest absolute Gasteiger partial charge is 0.383 e. The summed E-state index contributed by atoms with van der Waals surface area (Å²) in [6.07, 6.45) is 0.801. The number of nitriles is 1. The molecule has 0 aliphatic carbocycles. The van der Waals surface area contributed by atoms with Gasteiger partial charge in [0.2, 0.25) is 0 Å². The van der Waals surface area contributed by atoms with Crippen LogP contribution in [0, 0.1) is 30.1 Å². The van der Waals surface area contributed by atoms with Gasteiger partial charge in [-0.15, -0.1) is 11.8 Å². The molecule has 0 spiro atoms. The number of aryl methyl sites for hydroxylation is 1. The average molecular weight is 198 g/mol. The van der Waals surface area contributed by atoms with Gasteiger partial charge < -0.3 is 5.32 Å². The molecule has 1 aromatic carbocycles. The molecule has 0 aliphatic heterocycles. The summed E-state index contributed by atoms with van der Waals surface area (Å²) in [5, 5.41) is 12.1. The Morgan fingerprint density at radius 2 is 2.20 bits per heavy atom. The van der Waals surface area contributed by atoms with Crippen molar-refractivity contribution in [3.8, 4) is 17.9 Å². The summed E-state index contributed by atoms with van der Waals surface area (Å²) in [7, 11) is 0. The third-order valence-corrected chi connectivity index (χ3v) is 2.04. The summed E-state index contributed by atoms with van der Waals surface area (Å²) >= 11 is 0. The van der Waals surface area contributed by atoms with Gasteiger partial charge >= 0.3 is 0 Å². The molecule has 0 radical (unpaired) electrons. The Labute approximate surface area is 90.9 Å². The van der Waals surface area contributed by atoms with Gasteiger partial charge in [0, 0.05) is 13.0 Å². The molecule has 76 valence electrons. The summed E-state index contributed by atoms with van der Waals surface area (Å²) in [4.78, 5) is 0. The van der Waals surface area contributed by atoms with Crippen molar-refractivity contribution in [2.75, 3.05) is 11.9 Å². The minimum absolute atomic E-state index is 0.694. The maximum Gasteiger partial charge on any atom is 0.101 e. The lowest BCUT2D eigenvalue weighted by Gasteiger charge is -2.06. The van der Waals surface area contributed by atoms with Crippen LogP contribution in [0.2, 0.25) is 0 Å². The van der Waals surface area contributed by atoms with E-state index in [9.17, 15) is 0 Å². The molecule has 1 rings (SSSR count). The molecule has 0 saturated carbocycles. The molecule has 2 heteroatoms. The van der Waals surface area contributed by atoms with Gasteiger partial charge in [-0.3, -0.25) is 0 Å². The number of benzene rings is 1. The second kappa shape index (κ2) is 5.73. The summed E-state index contributed by atoms with van der Waals surface area (Å²) in [6, 6.07) is 7.99. The van der Waals surface area contributed by atoms with Crippen LogP contribution in [-0.4, -0.2) is 6.54 Å². The monoisotopic (exact) mass is 198 g/mol. The fourth-order valence-electron chi connectivity index (χ4n) is 1.29. The second-order valence-electron chi connectivity index (χ2n) is 3.26. The first-order valence-electron chi connectivity index (χ1n) is 4.92. The lowest BCUT2D eigenvalue weighted by Crippen LogP contribution is -2.02. The average Bonchev–Trinajstić information content (AvgIpc) is 2.26. The van der Waals surface area contributed by atoms with E-state index in [1.165, 1.54) is 0 Å². The molecule has 2 nitrogen and oxygen atoms in total. The summed E-state index contributed by atoms with van der Waals surface area (Å²) in [5.74, 6) is 5.81. The maximum absolute atomic E-state index is 8.93. The van der Waals surface area contributed by atoms with Crippen molar-refractivity contribution in [3.63, 3.8) is 0 Å². The maximum atomic E-state index is 8.93. The smallest absolute Gasteiger partial charge is 0.101 e. The summed E-state index contributed by atoms with van der Waals surface area (Å²) in [6.45, 7) is 4.58. The van der Waals surface area contributed by atoms with Gasteiger partial charge in [0.1, 0.15) is 6.07 Å². The van der Waals surface area contributed by atoms with Crippen LogP contribution in [0.25, 0.3) is 0 Å². The van der Waals surface area contributed by atoms with Crippen LogP contribution in [-0.2, 0) is 0 Å². The first-order valence-corrected chi connectivity index (χ1v) is 4.92. The first kappa shape index (κ1) is 11.1. The molecule has 1 N–H and O–H groups in total. The SMILES string of the molecule is CC#CCCNc1ccc(C)cc1C#N. The van der Waals surface area contributed by atoms with Crippen LogP contribution >= 0.6 is 0 Å². The molecule has 0 fully saturated rings. The van der Waals surface area contributed by atoms with E-state index in [1.807, 2.05) is 32.0 Å². The Kier molecular flexibility index (Phi) is 4.26. The van der Waals surface area contributed by atoms with E-state index in [-0.39, 0.29) is 0 Å². The lowest BCUT2D eigenvalue weighted by molar-refractivity contribution is 1.09. The Bertz CT molecular complexity index is 430. The number of anilines is 1. The van der Waals surface area contributed by atoms with E-state index in [1.54, 1.807) is 0 Å². The molecule has 0 bridgehead atoms. The van der Waals surface area contributed by atoms with Crippen LogP contribution < -0.4 is 5.32 Å². The molecule has 15 heavy (non-hydrogen) atoms. The summed E-state index contributed by atoms with van der Waals surface area (Å²) < 4.78 is 0. The van der Waals surface area contributed by atoms with E-state index >= 15 is 0 Å². The normalized spacial score (nSPS) is 8.60. The molecular formula is C13H14N2. The Balaban J connectivity index is 2.67. The lowest BCUT2D eigenvalue weighted by atomic mass is 10.1. The molecule has 1 aromatic rings. The molecular weight excluding hydrogens is 184 g/mol. The van der Waals surface area contributed by atoms with Gasteiger partial charge in [0.25, 0.3) is 0 Å². The molecule has 0 saturated heterocycles. The third-order valence-electron chi connectivity index (χ3n) is 2.04. The van der Waals surface area contributed by atoms with Crippen LogP contribution in [0.15, 0.2) is 18.2 Å². The quantitative estimate of drug-likeness (QED) is 0.598. The van der Waals surface area contributed by atoms with Crippen LogP contribution in [0.1, 0.15) is 24.5 Å². The van der Waals surface area contributed by atoms with E-state index in [0.717, 1.165) is 24.2 Å². The van der Waals surface area contributed by atoms with Gasteiger partial charge in [-0.1, -0.05) is 6.07 Å². The zero-order chi connectivity index (χ0) is 11.1. The first-order chi connectivity index (χ1) is 7.27. The Morgan fingerprint density at radius 1 is 1.40 bits per heavy atom. The van der Waals surface area contributed by atoms with Crippen LogP contribution in [0.4, 0.5) is 5.69 Å². The highest BCUT2D eigenvalue weighted by molar-refractivity contribution is 5.58. The Hall–Kier alpha value is -1.93. The fraction of sp³-hybridized carbons (Fsp3) is 0.308. The van der Waals surface area contributed by atoms with Crippen LogP contribution in [0.5, 0.6) is 0 Å². The third kappa shape index (κ3) is 3.37. The fourth-order valence-corrected chi connectivity index (χ4v) is 1.29. The van der Waals surface area contributed by atoms with Crippen molar-refractivity contribution in [1.29, 1.82) is 5.26 Å². The van der Waals surface area contributed by atoms with Crippen molar-refractivity contribution >= 4 is 5.69 Å². The topological polar surface area (TPSA) is 35.8 Å². The highest BCUT2D eigenvalue weighted by Gasteiger charge is 2.00. The predicted octanol–water partition coefficient (Wildman–Crippen LogP) is 2.69. The van der Waals surface area contributed by atoms with E-state index in [4.69, 9.17) is 5.26 Å². The Morgan fingerprint density at radius 3 is 2.87 bits per heavy atom. The second-order valence-corrected chi connectivity index (χ2v) is 3.26. The minimum Gasteiger partial charge on any atom is -0.383 e. The van der Waals surface area contributed by atoms with E-state index in [0.29, 0.717) is 5.56 Å². The number of nitrogens with zero attached hydrogens (tertiary/aromatic N) is 1. The van der Waals surface area contributed by atoms with Crippen molar-refractivity contribution in [2.24, 2.45) is 0 Å². The molecule has 0 amide bonds. The van der Waals surface area contributed by atoms with Crippen LogP contribution in [0.3, 0.4) is 0 Å². The highest BCUT2D eigenvalue weighted by atomic mass is 14.9. The van der Waals surface area contributed by atoms with Gasteiger partial charge in [0.05, 0.1) is 11.3 Å². The van der Waals surface area contributed by atoms with Crippen molar-refractivity contribution in [3.05, 3.63) is 29.3 Å². The standard InChI is InChI=1S/C13H14N2/c1-3-4-5-8-15-13-7-6-11(2)9-12(13)10-14/h6-7,9,15H,5,8H2,1-2H3. The number of rotatable bonds is 3. The zero-order valence-corrected chi connectivity index (χ0v) is 9.09. The number of nitrogens with one attached hydrogen (secondary N) is 1.